The third kappa shape index (κ3) is 4.29. The summed E-state index contributed by atoms with van der Waals surface area (Å²) in [7, 11) is 0. The maximum atomic E-state index is 12.6. The molecule has 28 heavy (non-hydrogen) atoms. The van der Waals surface area contributed by atoms with Gasteiger partial charge in [-0.15, -0.1) is 0 Å². The van der Waals surface area contributed by atoms with Gasteiger partial charge in [0.2, 0.25) is 0 Å². The maximum Gasteiger partial charge on any atom is 0.290 e. The van der Waals surface area contributed by atoms with Gasteiger partial charge < -0.3 is 0 Å². The molecule has 3 rings (SSSR count). The Morgan fingerprint density at radius 1 is 1.07 bits per heavy atom. The number of nitrogens with one attached hydrogen (secondary N) is 2. The number of hydrogen-bond acceptors (Lipinski definition) is 5. The Morgan fingerprint density at radius 2 is 1.79 bits per heavy atom. The molecule has 0 unspecified atom stereocenters. The van der Waals surface area contributed by atoms with Crippen LogP contribution in [0.3, 0.4) is 0 Å². The zero-order valence-electron chi connectivity index (χ0n) is 15.3. The molecule has 0 bridgehead atoms. The molecule has 0 aliphatic carbocycles. The number of pyridine rings is 1. The van der Waals surface area contributed by atoms with Crippen LogP contribution in [0.15, 0.2) is 59.7 Å². The number of amides is 2. The fourth-order valence-corrected chi connectivity index (χ4v) is 2.63. The van der Waals surface area contributed by atoms with Crippen LogP contribution in [0.5, 0.6) is 0 Å². The highest BCUT2D eigenvalue weighted by Gasteiger charge is 2.16. The lowest BCUT2D eigenvalue weighted by molar-refractivity contribution is -0.117. The molecule has 2 N–H and O–H groups in total. The summed E-state index contributed by atoms with van der Waals surface area (Å²) in [5.41, 5.74) is 5.27. The number of fused-ring (bicyclic) bond motifs is 1. The van der Waals surface area contributed by atoms with Gasteiger partial charge in [-0.2, -0.15) is 5.10 Å². The van der Waals surface area contributed by atoms with Gasteiger partial charge in [0.15, 0.2) is 5.69 Å². The highest BCUT2D eigenvalue weighted by Crippen LogP contribution is 2.13. The molecule has 0 fully saturated rings. The highest BCUT2D eigenvalue weighted by atomic mass is 16.2. The lowest BCUT2D eigenvalue weighted by Crippen LogP contribution is -2.42. The van der Waals surface area contributed by atoms with E-state index in [0.717, 1.165) is 5.56 Å². The molecule has 8 nitrogen and oxygen atoms in total. The van der Waals surface area contributed by atoms with E-state index < -0.39 is 11.8 Å². The molecule has 1 aromatic carbocycles. The van der Waals surface area contributed by atoms with Crippen molar-refractivity contribution in [1.29, 1.82) is 0 Å². The summed E-state index contributed by atoms with van der Waals surface area (Å²) in [4.78, 5) is 40.9. The molecule has 3 aromatic rings. The second-order valence-electron chi connectivity index (χ2n) is 5.98. The normalized spacial score (nSPS) is 10.9. The van der Waals surface area contributed by atoms with Gasteiger partial charge in [-0.1, -0.05) is 25.1 Å². The van der Waals surface area contributed by atoms with Crippen LogP contribution in [0.4, 0.5) is 0 Å². The number of carbonyl (C=O) groups is 2. The zero-order valence-corrected chi connectivity index (χ0v) is 15.3. The van der Waals surface area contributed by atoms with Gasteiger partial charge in [-0.3, -0.25) is 30.2 Å². The largest absolute Gasteiger partial charge is 0.290 e. The van der Waals surface area contributed by atoms with Crippen LogP contribution in [0.25, 0.3) is 16.8 Å². The Morgan fingerprint density at radius 3 is 2.50 bits per heavy atom. The van der Waals surface area contributed by atoms with Crippen LogP contribution in [0, 0.1) is 0 Å². The van der Waals surface area contributed by atoms with E-state index in [-0.39, 0.29) is 11.3 Å². The fourth-order valence-electron chi connectivity index (χ4n) is 2.63. The number of carbonyl (C=O) groups excluding carboxylic acids is 2. The number of benzene rings is 1. The third-order valence-corrected chi connectivity index (χ3v) is 3.95. The molecule has 142 valence electrons. The Kier molecular flexibility index (Phi) is 5.91. The molecule has 0 spiro atoms. The standard InChI is InChI=1S/C20H19N5O3/c1-2-13-25-20(28)16-6-4-3-5-15(16)18(24-25)19(27)23-22-17(26)8-7-14-9-11-21-12-10-14/h3-12H,2,13H2,1H3,(H,22,26)(H,23,27)/b8-7+. The minimum Gasteiger partial charge on any atom is -0.268 e. The molecule has 0 atom stereocenters. The number of hydrogen-bond donors (Lipinski definition) is 2. The van der Waals surface area contributed by atoms with Crippen LogP contribution in [0.1, 0.15) is 29.4 Å². The van der Waals surface area contributed by atoms with Crippen molar-refractivity contribution in [3.63, 3.8) is 0 Å². The molecule has 8 heteroatoms. The molecule has 0 aliphatic heterocycles. The summed E-state index contributed by atoms with van der Waals surface area (Å²) < 4.78 is 1.27. The van der Waals surface area contributed by atoms with E-state index in [0.29, 0.717) is 23.7 Å². The Labute approximate surface area is 160 Å². The van der Waals surface area contributed by atoms with E-state index in [1.165, 1.54) is 10.8 Å². The first-order chi connectivity index (χ1) is 13.6. The highest BCUT2D eigenvalue weighted by molar-refractivity contribution is 6.05. The van der Waals surface area contributed by atoms with E-state index in [2.05, 4.69) is 20.9 Å². The second-order valence-corrected chi connectivity index (χ2v) is 5.98. The average molecular weight is 377 g/mol. The number of aryl methyl sites for hydroxylation is 1. The van der Waals surface area contributed by atoms with E-state index >= 15 is 0 Å². The number of rotatable bonds is 5. The molecule has 2 amide bonds. The number of nitrogens with zero attached hydrogens (tertiary/aromatic N) is 3. The third-order valence-electron chi connectivity index (χ3n) is 3.95. The number of aromatic nitrogens is 3. The van der Waals surface area contributed by atoms with Gasteiger partial charge in [0, 0.05) is 30.4 Å². The smallest absolute Gasteiger partial charge is 0.268 e. The number of hydrazine groups is 1. The lowest BCUT2D eigenvalue weighted by atomic mass is 10.1. The van der Waals surface area contributed by atoms with Gasteiger partial charge in [0.1, 0.15) is 0 Å². The SMILES string of the molecule is CCCn1nc(C(=O)NNC(=O)/C=C/c2ccncc2)c2ccccc2c1=O. The summed E-state index contributed by atoms with van der Waals surface area (Å²) in [5, 5.41) is 5.01. The molecular weight excluding hydrogens is 358 g/mol. The van der Waals surface area contributed by atoms with Gasteiger partial charge >= 0.3 is 0 Å². The molecule has 0 radical (unpaired) electrons. The average Bonchev–Trinajstić information content (AvgIpc) is 2.73. The minimum absolute atomic E-state index is 0.0714. The molecule has 2 aromatic heterocycles. The molecular formula is C20H19N5O3. The Hall–Kier alpha value is -3.81. The Bertz CT molecular complexity index is 1090. The summed E-state index contributed by atoms with van der Waals surface area (Å²) >= 11 is 0. The zero-order chi connectivity index (χ0) is 19.9. The van der Waals surface area contributed by atoms with Crippen molar-refractivity contribution in [2.45, 2.75) is 19.9 Å². The molecule has 2 heterocycles. The van der Waals surface area contributed by atoms with Gasteiger partial charge in [0.25, 0.3) is 17.4 Å². The maximum absolute atomic E-state index is 12.6. The van der Waals surface area contributed by atoms with Gasteiger partial charge in [-0.05, 0) is 36.3 Å². The minimum atomic E-state index is -0.605. The predicted octanol–water partition coefficient (Wildman–Crippen LogP) is 1.68. The predicted molar refractivity (Wildman–Crippen MR) is 105 cm³/mol. The van der Waals surface area contributed by atoms with E-state index in [1.54, 1.807) is 54.9 Å². The van der Waals surface area contributed by atoms with Crippen molar-refractivity contribution in [3.05, 3.63) is 76.5 Å². The quantitative estimate of drug-likeness (QED) is 0.520. The van der Waals surface area contributed by atoms with Crippen molar-refractivity contribution in [2.75, 3.05) is 0 Å². The first kappa shape index (κ1) is 19.0. The summed E-state index contributed by atoms with van der Waals surface area (Å²) in [6.45, 7) is 2.31. The fraction of sp³-hybridized carbons (Fsp3) is 0.150. The summed E-state index contributed by atoms with van der Waals surface area (Å²) in [6, 6.07) is 10.2. The first-order valence-corrected chi connectivity index (χ1v) is 8.78. The molecule has 0 saturated heterocycles. The Balaban J connectivity index is 1.78. The van der Waals surface area contributed by atoms with Crippen molar-refractivity contribution in [1.82, 2.24) is 25.6 Å². The van der Waals surface area contributed by atoms with Crippen LogP contribution >= 0.6 is 0 Å². The topological polar surface area (TPSA) is 106 Å². The van der Waals surface area contributed by atoms with E-state index in [4.69, 9.17) is 0 Å². The lowest BCUT2D eigenvalue weighted by Gasteiger charge is -2.10. The van der Waals surface area contributed by atoms with Crippen molar-refractivity contribution in [3.8, 4) is 0 Å². The van der Waals surface area contributed by atoms with Crippen LogP contribution in [-0.2, 0) is 11.3 Å². The van der Waals surface area contributed by atoms with Crippen molar-refractivity contribution >= 4 is 28.7 Å². The van der Waals surface area contributed by atoms with Crippen molar-refractivity contribution < 1.29 is 9.59 Å². The molecule has 0 aliphatic rings. The van der Waals surface area contributed by atoms with Gasteiger partial charge in [-0.25, -0.2) is 4.68 Å². The summed E-state index contributed by atoms with van der Waals surface area (Å²) in [5.74, 6) is -1.11. The van der Waals surface area contributed by atoms with Crippen LogP contribution < -0.4 is 16.4 Å². The monoisotopic (exact) mass is 377 g/mol. The van der Waals surface area contributed by atoms with E-state index in [9.17, 15) is 14.4 Å². The van der Waals surface area contributed by atoms with Crippen LogP contribution in [0.2, 0.25) is 0 Å². The van der Waals surface area contributed by atoms with Crippen molar-refractivity contribution in [2.24, 2.45) is 0 Å². The van der Waals surface area contributed by atoms with Gasteiger partial charge in [0.05, 0.1) is 5.39 Å². The van der Waals surface area contributed by atoms with E-state index in [1.807, 2.05) is 6.92 Å². The second kappa shape index (κ2) is 8.72. The summed E-state index contributed by atoms with van der Waals surface area (Å²) in [6.07, 6.45) is 6.81. The molecule has 0 saturated carbocycles. The first-order valence-electron chi connectivity index (χ1n) is 8.78. The van der Waals surface area contributed by atoms with Crippen LogP contribution in [-0.4, -0.2) is 26.6 Å².